The first-order valence-corrected chi connectivity index (χ1v) is 11.8. The van der Waals surface area contributed by atoms with E-state index in [0.717, 1.165) is 0 Å². The lowest BCUT2D eigenvalue weighted by molar-refractivity contribution is -0.142. The number of aliphatic carboxylic acids is 1. The number of rotatable bonds is 16. The smallest absolute Gasteiger partial charge is 0.326 e. The van der Waals surface area contributed by atoms with E-state index in [2.05, 4.69) is 20.9 Å². The van der Waals surface area contributed by atoms with Crippen molar-refractivity contribution in [3.63, 3.8) is 0 Å². The van der Waals surface area contributed by atoms with Crippen LogP contribution in [0.2, 0.25) is 0 Å². The Morgan fingerprint density at radius 3 is 1.83 bits per heavy atom. The molecule has 0 aromatic rings. The molecule has 0 aromatic heterocycles. The van der Waals surface area contributed by atoms with Gasteiger partial charge in [0.25, 0.3) is 0 Å². The van der Waals surface area contributed by atoms with Gasteiger partial charge in [0, 0.05) is 6.54 Å². The average molecular weight is 502 g/mol. The van der Waals surface area contributed by atoms with Crippen LogP contribution in [0.1, 0.15) is 60.3 Å². The molecule has 0 saturated carbocycles. The lowest BCUT2D eigenvalue weighted by atomic mass is 10.0. The molecule has 3 amide bonds. The zero-order valence-corrected chi connectivity index (χ0v) is 21.3. The van der Waals surface area contributed by atoms with Gasteiger partial charge in [-0.2, -0.15) is 0 Å². The number of nitrogens with one attached hydrogen (secondary N) is 3. The maximum absolute atomic E-state index is 12.9. The average Bonchev–Trinajstić information content (AvgIpc) is 2.71. The van der Waals surface area contributed by atoms with Gasteiger partial charge in [0.15, 0.2) is 5.96 Å². The fourth-order valence-corrected chi connectivity index (χ4v) is 3.28. The lowest BCUT2D eigenvalue weighted by Crippen LogP contribution is -2.60. The van der Waals surface area contributed by atoms with Crippen molar-refractivity contribution in [1.82, 2.24) is 16.0 Å². The van der Waals surface area contributed by atoms with Crippen LogP contribution in [-0.4, -0.2) is 76.7 Å². The van der Waals surface area contributed by atoms with Gasteiger partial charge in [0.2, 0.25) is 17.7 Å². The Labute approximate surface area is 206 Å². The molecule has 11 N–H and O–H groups in total. The topological polar surface area (TPSA) is 235 Å². The number of guanidine groups is 1. The third-order valence-electron chi connectivity index (χ3n) is 5.02. The zero-order chi connectivity index (χ0) is 27.3. The Morgan fingerprint density at radius 2 is 1.37 bits per heavy atom. The summed E-state index contributed by atoms with van der Waals surface area (Å²) in [4.78, 5) is 53.6. The number of aliphatic imine (C=N–C) groups is 1. The summed E-state index contributed by atoms with van der Waals surface area (Å²) in [7, 11) is 0. The molecule has 0 bridgehead atoms. The summed E-state index contributed by atoms with van der Waals surface area (Å²) in [6.07, 6.45) is -0.303. The van der Waals surface area contributed by atoms with E-state index < -0.39 is 54.0 Å². The third kappa shape index (κ3) is 13.5. The normalized spacial score (nSPS) is 15.5. The molecule has 202 valence electrons. The van der Waals surface area contributed by atoms with Crippen molar-refractivity contribution >= 4 is 29.7 Å². The molecule has 0 fully saturated rings. The lowest BCUT2D eigenvalue weighted by Gasteiger charge is -2.27. The first kappa shape index (κ1) is 32.1. The standard InChI is InChI=1S/C22H43N7O6/c1-11(2)9-14(23)18(31)29-17(13(5)30)20(33)28-16(10-12(3)4)19(32)27-15(21(34)35)7-6-8-26-22(24)25/h11-17,30H,6-10,23H2,1-5H3,(H,27,32)(H,28,33)(H,29,31)(H,34,35)(H4,24,25,26). The summed E-state index contributed by atoms with van der Waals surface area (Å²) in [6.45, 7) is 8.97. The van der Waals surface area contributed by atoms with Gasteiger partial charge in [0.05, 0.1) is 12.1 Å². The molecule has 35 heavy (non-hydrogen) atoms. The predicted octanol–water partition coefficient (Wildman–Crippen LogP) is -1.62. The number of carboxylic acid groups (broad SMARTS) is 1. The van der Waals surface area contributed by atoms with E-state index in [4.69, 9.17) is 17.2 Å². The molecule has 5 unspecified atom stereocenters. The Kier molecular flexibility index (Phi) is 14.5. The van der Waals surface area contributed by atoms with E-state index in [1.807, 2.05) is 27.7 Å². The van der Waals surface area contributed by atoms with E-state index in [1.54, 1.807) is 0 Å². The molecule has 13 heteroatoms. The van der Waals surface area contributed by atoms with E-state index in [1.165, 1.54) is 6.92 Å². The molecular weight excluding hydrogens is 458 g/mol. The Hall–Kier alpha value is -2.93. The number of nitrogens with two attached hydrogens (primary N) is 3. The number of aliphatic hydroxyl groups is 1. The van der Waals surface area contributed by atoms with Gasteiger partial charge in [0.1, 0.15) is 18.1 Å². The third-order valence-corrected chi connectivity index (χ3v) is 5.02. The molecule has 0 aromatic carbocycles. The van der Waals surface area contributed by atoms with Crippen molar-refractivity contribution in [1.29, 1.82) is 0 Å². The van der Waals surface area contributed by atoms with Gasteiger partial charge in [-0.05, 0) is 44.4 Å². The molecule has 0 rings (SSSR count). The molecule has 0 aliphatic rings. The number of nitrogens with zero attached hydrogens (tertiary/aromatic N) is 1. The summed E-state index contributed by atoms with van der Waals surface area (Å²) in [5.74, 6) is -3.34. The molecule has 0 aliphatic heterocycles. The van der Waals surface area contributed by atoms with Crippen molar-refractivity contribution in [2.75, 3.05) is 6.54 Å². The van der Waals surface area contributed by atoms with Crippen LogP contribution in [-0.2, 0) is 19.2 Å². The first-order chi connectivity index (χ1) is 16.1. The van der Waals surface area contributed by atoms with Gasteiger partial charge in [-0.1, -0.05) is 27.7 Å². The SMILES string of the molecule is CC(C)CC(N)C(=O)NC(C(=O)NC(CC(C)C)C(=O)NC(CCCN=C(N)N)C(=O)O)C(C)O. The van der Waals surface area contributed by atoms with Gasteiger partial charge >= 0.3 is 5.97 Å². The second-order valence-electron chi connectivity index (χ2n) is 9.50. The van der Waals surface area contributed by atoms with Crippen LogP contribution in [0.5, 0.6) is 0 Å². The number of carboxylic acids is 1. The Bertz CT molecular complexity index is 738. The summed E-state index contributed by atoms with van der Waals surface area (Å²) in [5, 5.41) is 26.9. The number of hydrogen-bond acceptors (Lipinski definition) is 7. The maximum atomic E-state index is 12.9. The van der Waals surface area contributed by atoms with Crippen LogP contribution in [0.15, 0.2) is 4.99 Å². The summed E-state index contributed by atoms with van der Waals surface area (Å²) in [5.41, 5.74) is 16.4. The van der Waals surface area contributed by atoms with E-state index in [9.17, 15) is 29.4 Å². The van der Waals surface area contributed by atoms with Crippen LogP contribution in [0.3, 0.4) is 0 Å². The number of hydrogen-bond donors (Lipinski definition) is 8. The molecule has 0 saturated heterocycles. The first-order valence-electron chi connectivity index (χ1n) is 11.8. The van der Waals surface area contributed by atoms with Gasteiger partial charge in [-0.25, -0.2) is 4.79 Å². The fourth-order valence-electron chi connectivity index (χ4n) is 3.28. The molecule has 0 aliphatic carbocycles. The predicted molar refractivity (Wildman–Crippen MR) is 132 cm³/mol. The summed E-state index contributed by atoms with van der Waals surface area (Å²) < 4.78 is 0. The van der Waals surface area contributed by atoms with Crippen molar-refractivity contribution in [2.45, 2.75) is 90.6 Å². The van der Waals surface area contributed by atoms with Gasteiger partial charge < -0.3 is 43.4 Å². The van der Waals surface area contributed by atoms with Crippen molar-refractivity contribution in [3.8, 4) is 0 Å². The highest BCUT2D eigenvalue weighted by atomic mass is 16.4. The Balaban J connectivity index is 5.39. The quantitative estimate of drug-likeness (QED) is 0.0688. The van der Waals surface area contributed by atoms with Crippen LogP contribution in [0, 0.1) is 11.8 Å². The van der Waals surface area contributed by atoms with E-state index in [-0.39, 0.29) is 37.2 Å². The zero-order valence-electron chi connectivity index (χ0n) is 21.3. The number of carbonyl (C=O) groups excluding carboxylic acids is 3. The number of amides is 3. The molecule has 0 heterocycles. The fraction of sp³-hybridized carbons (Fsp3) is 0.773. The summed E-state index contributed by atoms with van der Waals surface area (Å²) >= 11 is 0. The van der Waals surface area contributed by atoms with Crippen LogP contribution in [0.4, 0.5) is 0 Å². The van der Waals surface area contributed by atoms with Crippen LogP contribution in [0.25, 0.3) is 0 Å². The highest BCUT2D eigenvalue weighted by Gasteiger charge is 2.32. The van der Waals surface area contributed by atoms with Crippen molar-refractivity contribution < 1.29 is 29.4 Å². The van der Waals surface area contributed by atoms with E-state index in [0.29, 0.717) is 12.8 Å². The highest BCUT2D eigenvalue weighted by molar-refractivity contribution is 5.94. The number of carbonyl (C=O) groups is 4. The second kappa shape index (κ2) is 15.9. The van der Waals surface area contributed by atoms with Gasteiger partial charge in [-0.3, -0.25) is 19.4 Å². The second-order valence-corrected chi connectivity index (χ2v) is 9.50. The monoisotopic (exact) mass is 501 g/mol. The van der Waals surface area contributed by atoms with Gasteiger partial charge in [-0.15, -0.1) is 0 Å². The van der Waals surface area contributed by atoms with E-state index >= 15 is 0 Å². The van der Waals surface area contributed by atoms with Crippen molar-refractivity contribution in [3.05, 3.63) is 0 Å². The molecular formula is C22H43N7O6. The summed E-state index contributed by atoms with van der Waals surface area (Å²) in [6, 6.07) is -4.53. The molecule has 13 nitrogen and oxygen atoms in total. The largest absolute Gasteiger partial charge is 0.480 e. The molecule has 0 radical (unpaired) electrons. The minimum absolute atomic E-state index is 0.0322. The van der Waals surface area contributed by atoms with Crippen molar-refractivity contribution in [2.24, 2.45) is 34.0 Å². The minimum atomic E-state index is -1.35. The minimum Gasteiger partial charge on any atom is -0.480 e. The molecule has 0 spiro atoms. The number of aliphatic hydroxyl groups excluding tert-OH is 1. The molecule has 5 atom stereocenters. The van der Waals surface area contributed by atoms with Crippen LogP contribution < -0.4 is 33.2 Å². The Morgan fingerprint density at radius 1 is 0.829 bits per heavy atom. The highest BCUT2D eigenvalue weighted by Crippen LogP contribution is 2.09. The maximum Gasteiger partial charge on any atom is 0.326 e. The van der Waals surface area contributed by atoms with Crippen LogP contribution >= 0.6 is 0 Å².